The van der Waals surface area contributed by atoms with Gasteiger partial charge in [0.05, 0.1) is 23.1 Å². The molecular formula is C13H12BrN3O2. The van der Waals surface area contributed by atoms with Crippen LogP contribution in [-0.2, 0) is 0 Å². The Morgan fingerprint density at radius 2 is 2.21 bits per heavy atom. The van der Waals surface area contributed by atoms with Gasteiger partial charge >= 0.3 is 5.97 Å². The third kappa shape index (κ3) is 2.85. The molecule has 0 saturated heterocycles. The van der Waals surface area contributed by atoms with Gasteiger partial charge in [0.1, 0.15) is 5.82 Å². The van der Waals surface area contributed by atoms with Crippen LogP contribution in [0.2, 0.25) is 0 Å². The minimum absolute atomic E-state index is 0.0290. The number of benzene rings is 1. The minimum atomic E-state index is -1.08. The van der Waals surface area contributed by atoms with E-state index < -0.39 is 5.97 Å². The van der Waals surface area contributed by atoms with E-state index in [0.717, 1.165) is 15.7 Å². The molecule has 4 N–H and O–H groups in total. The summed E-state index contributed by atoms with van der Waals surface area (Å²) in [6.07, 6.45) is 1.33. The molecule has 1 heterocycles. The number of anilines is 3. The first-order valence-electron chi connectivity index (χ1n) is 5.50. The average molecular weight is 322 g/mol. The van der Waals surface area contributed by atoms with E-state index in [-0.39, 0.29) is 11.3 Å². The van der Waals surface area contributed by atoms with Crippen LogP contribution >= 0.6 is 15.9 Å². The highest BCUT2D eigenvalue weighted by Crippen LogP contribution is 2.28. The number of nitrogen functional groups attached to an aromatic ring is 1. The van der Waals surface area contributed by atoms with Crippen LogP contribution in [-0.4, -0.2) is 16.1 Å². The normalized spacial score (nSPS) is 10.2. The second kappa shape index (κ2) is 5.27. The van der Waals surface area contributed by atoms with Crippen molar-refractivity contribution in [1.82, 2.24) is 4.98 Å². The van der Waals surface area contributed by atoms with Crippen LogP contribution in [0.5, 0.6) is 0 Å². The van der Waals surface area contributed by atoms with E-state index >= 15 is 0 Å². The van der Waals surface area contributed by atoms with Gasteiger partial charge in [0.25, 0.3) is 0 Å². The van der Waals surface area contributed by atoms with Crippen molar-refractivity contribution in [3.63, 3.8) is 0 Å². The SMILES string of the molecule is Cc1cccc(Nc2cc(C(=O)O)c(N)cn2)c1Br. The Kier molecular flexibility index (Phi) is 3.71. The monoisotopic (exact) mass is 321 g/mol. The van der Waals surface area contributed by atoms with Crippen molar-refractivity contribution in [1.29, 1.82) is 0 Å². The summed E-state index contributed by atoms with van der Waals surface area (Å²) in [6.45, 7) is 1.97. The average Bonchev–Trinajstić information content (AvgIpc) is 2.37. The van der Waals surface area contributed by atoms with Gasteiger partial charge in [-0.25, -0.2) is 9.78 Å². The highest BCUT2D eigenvalue weighted by atomic mass is 79.9. The number of aromatic carboxylic acids is 1. The highest BCUT2D eigenvalue weighted by molar-refractivity contribution is 9.10. The Balaban J connectivity index is 2.36. The molecule has 5 nitrogen and oxygen atoms in total. The number of aryl methyl sites for hydroxylation is 1. The number of aromatic nitrogens is 1. The fourth-order valence-corrected chi connectivity index (χ4v) is 1.96. The molecule has 1 aromatic heterocycles. The minimum Gasteiger partial charge on any atom is -0.478 e. The number of halogens is 1. The molecule has 2 aromatic rings. The molecule has 0 atom stereocenters. The van der Waals surface area contributed by atoms with Crippen molar-refractivity contribution in [3.8, 4) is 0 Å². The van der Waals surface area contributed by atoms with Crippen molar-refractivity contribution in [2.24, 2.45) is 0 Å². The lowest BCUT2D eigenvalue weighted by Crippen LogP contribution is -2.05. The van der Waals surface area contributed by atoms with Gasteiger partial charge in [-0.3, -0.25) is 0 Å². The van der Waals surface area contributed by atoms with E-state index in [1.165, 1.54) is 12.3 Å². The van der Waals surface area contributed by atoms with Crippen LogP contribution in [0.3, 0.4) is 0 Å². The zero-order chi connectivity index (χ0) is 14.0. The summed E-state index contributed by atoms with van der Waals surface area (Å²) in [5.74, 6) is -0.649. The first-order valence-corrected chi connectivity index (χ1v) is 6.29. The van der Waals surface area contributed by atoms with Gasteiger partial charge < -0.3 is 16.2 Å². The number of hydrogen-bond acceptors (Lipinski definition) is 4. The van der Waals surface area contributed by atoms with Crippen LogP contribution in [0, 0.1) is 6.92 Å². The molecule has 1 aromatic carbocycles. The lowest BCUT2D eigenvalue weighted by atomic mass is 10.2. The Bertz CT molecular complexity index is 644. The fraction of sp³-hybridized carbons (Fsp3) is 0.0769. The molecule has 98 valence electrons. The van der Waals surface area contributed by atoms with Gasteiger partial charge in [0.15, 0.2) is 0 Å². The molecule has 0 aliphatic heterocycles. The first-order chi connectivity index (χ1) is 8.99. The van der Waals surface area contributed by atoms with Crippen LogP contribution in [0.25, 0.3) is 0 Å². The maximum Gasteiger partial charge on any atom is 0.337 e. The summed E-state index contributed by atoms with van der Waals surface area (Å²) in [5.41, 5.74) is 7.61. The number of hydrogen-bond donors (Lipinski definition) is 3. The van der Waals surface area contributed by atoms with E-state index in [4.69, 9.17) is 10.8 Å². The van der Waals surface area contributed by atoms with E-state index in [1.54, 1.807) is 0 Å². The van der Waals surface area contributed by atoms with Gasteiger partial charge in [-0.05, 0) is 40.5 Å². The largest absolute Gasteiger partial charge is 0.478 e. The summed E-state index contributed by atoms with van der Waals surface area (Å²) >= 11 is 3.47. The predicted molar refractivity (Wildman–Crippen MR) is 77.8 cm³/mol. The second-order valence-corrected chi connectivity index (χ2v) is 4.82. The number of nitrogens with one attached hydrogen (secondary N) is 1. The second-order valence-electron chi connectivity index (χ2n) is 4.02. The number of nitrogens with two attached hydrogens (primary N) is 1. The van der Waals surface area contributed by atoms with Crippen LogP contribution in [0.4, 0.5) is 17.2 Å². The highest BCUT2D eigenvalue weighted by Gasteiger charge is 2.10. The van der Waals surface area contributed by atoms with Crippen LogP contribution < -0.4 is 11.1 Å². The fourth-order valence-electron chi connectivity index (χ4n) is 1.60. The Labute approximate surface area is 118 Å². The third-order valence-corrected chi connectivity index (χ3v) is 3.67. The maximum atomic E-state index is 11.0. The quantitative estimate of drug-likeness (QED) is 0.808. The third-order valence-electron chi connectivity index (χ3n) is 2.62. The molecule has 2 rings (SSSR count). The van der Waals surface area contributed by atoms with E-state index in [2.05, 4.69) is 26.2 Å². The summed E-state index contributed by atoms with van der Waals surface area (Å²) < 4.78 is 0.908. The topological polar surface area (TPSA) is 88.2 Å². The molecule has 0 amide bonds. The van der Waals surface area contributed by atoms with Gasteiger partial charge in [0, 0.05) is 4.47 Å². The maximum absolute atomic E-state index is 11.0. The number of pyridine rings is 1. The molecule has 0 radical (unpaired) electrons. The molecule has 0 unspecified atom stereocenters. The van der Waals surface area contributed by atoms with Crippen LogP contribution in [0.1, 0.15) is 15.9 Å². The molecule has 0 aliphatic carbocycles. The van der Waals surface area contributed by atoms with E-state index in [1.807, 2.05) is 25.1 Å². The zero-order valence-corrected chi connectivity index (χ0v) is 11.7. The summed E-state index contributed by atoms with van der Waals surface area (Å²) in [7, 11) is 0. The van der Waals surface area contributed by atoms with E-state index in [0.29, 0.717) is 5.82 Å². The summed E-state index contributed by atoms with van der Waals surface area (Å²) in [6, 6.07) is 7.15. The Morgan fingerprint density at radius 3 is 2.89 bits per heavy atom. The molecule has 0 aliphatic rings. The van der Waals surface area contributed by atoms with Gasteiger partial charge in [-0.15, -0.1) is 0 Å². The zero-order valence-electron chi connectivity index (χ0n) is 10.1. The first kappa shape index (κ1) is 13.4. The lowest BCUT2D eigenvalue weighted by molar-refractivity contribution is 0.0698. The standard InChI is InChI=1S/C13H12BrN3O2/c1-7-3-2-4-10(12(7)14)17-11-5-8(13(18)19)9(15)6-16-11/h2-6H,15H2,1H3,(H,16,17)(H,18,19). The van der Waals surface area contributed by atoms with E-state index in [9.17, 15) is 4.79 Å². The smallest absolute Gasteiger partial charge is 0.337 e. The number of carboxylic acid groups (broad SMARTS) is 1. The molecule has 19 heavy (non-hydrogen) atoms. The number of rotatable bonds is 3. The molecule has 6 heteroatoms. The van der Waals surface area contributed by atoms with Gasteiger partial charge in [-0.1, -0.05) is 12.1 Å². The van der Waals surface area contributed by atoms with Crippen LogP contribution in [0.15, 0.2) is 34.9 Å². The number of carboxylic acids is 1. The lowest BCUT2D eigenvalue weighted by Gasteiger charge is -2.10. The number of nitrogens with zero attached hydrogens (tertiary/aromatic N) is 1. The van der Waals surface area contributed by atoms with Crippen molar-refractivity contribution in [2.75, 3.05) is 11.1 Å². The molecule has 0 bridgehead atoms. The molecule has 0 saturated carbocycles. The molecule has 0 fully saturated rings. The predicted octanol–water partition coefficient (Wildman–Crippen LogP) is 3.18. The Hall–Kier alpha value is -2.08. The van der Waals surface area contributed by atoms with Crippen molar-refractivity contribution < 1.29 is 9.90 Å². The summed E-state index contributed by atoms with van der Waals surface area (Å²) in [5, 5.41) is 12.1. The molecular weight excluding hydrogens is 310 g/mol. The van der Waals surface area contributed by atoms with Gasteiger partial charge in [-0.2, -0.15) is 0 Å². The van der Waals surface area contributed by atoms with Crippen molar-refractivity contribution in [2.45, 2.75) is 6.92 Å². The van der Waals surface area contributed by atoms with Gasteiger partial charge in [0.2, 0.25) is 0 Å². The summed E-state index contributed by atoms with van der Waals surface area (Å²) in [4.78, 5) is 15.1. The number of carbonyl (C=O) groups is 1. The van der Waals surface area contributed by atoms with Crippen molar-refractivity contribution in [3.05, 3.63) is 46.1 Å². The van der Waals surface area contributed by atoms with Crippen molar-refractivity contribution >= 4 is 39.1 Å². The molecule has 0 spiro atoms. The Morgan fingerprint density at radius 1 is 1.47 bits per heavy atom.